The van der Waals surface area contributed by atoms with Crippen molar-refractivity contribution in [3.63, 3.8) is 0 Å². The molecule has 4 aromatic heterocycles. The molecule has 17 heteroatoms. The molecule has 0 aliphatic carbocycles. The van der Waals surface area contributed by atoms with Crippen LogP contribution in [-0.4, -0.2) is 76.1 Å². The van der Waals surface area contributed by atoms with E-state index in [1.807, 2.05) is 6.92 Å². The summed E-state index contributed by atoms with van der Waals surface area (Å²) in [6, 6.07) is 10.5. The molecule has 0 atom stereocenters. The third-order valence-electron chi connectivity index (χ3n) is 4.52. The zero-order valence-corrected chi connectivity index (χ0v) is 23.5. The van der Waals surface area contributed by atoms with E-state index in [9.17, 15) is 33.6 Å². The molecule has 272 valence electrons. The maximum atomic E-state index is 11.0. The van der Waals surface area contributed by atoms with Gasteiger partial charge in [0.15, 0.2) is 24.1 Å². The third-order valence-corrected chi connectivity index (χ3v) is 4.52. The molecule has 4 rings (SSSR count). The van der Waals surface area contributed by atoms with Crippen molar-refractivity contribution in [2.75, 3.05) is 13.2 Å². The number of carboxylic acid groups (broad SMARTS) is 4. The second-order valence-corrected chi connectivity index (χ2v) is 7.65. The molecule has 4 N–H and O–H groups in total. The minimum atomic E-state index is -1.28. The number of hydrogen-bond donors (Lipinski definition) is 4. The lowest BCUT2D eigenvalue weighted by atomic mass is 10.4. The Bertz CT molecular complexity index is 1550. The summed E-state index contributed by atoms with van der Waals surface area (Å²) in [6.45, 7) is 4.87. The van der Waals surface area contributed by atoms with Crippen LogP contribution in [0.4, 0.5) is 0 Å². The molecule has 0 fully saturated rings. The highest BCUT2D eigenvalue weighted by molar-refractivity contribution is 5.90. The van der Waals surface area contributed by atoms with Gasteiger partial charge in [-0.15, -0.1) is 0 Å². The van der Waals surface area contributed by atoms with Gasteiger partial charge in [0.25, 0.3) is 0 Å². The van der Waals surface area contributed by atoms with Gasteiger partial charge in [0, 0.05) is 6.61 Å². The van der Waals surface area contributed by atoms with E-state index in [2.05, 4.69) is 18.0 Å². The first-order valence-electron chi connectivity index (χ1n) is 12.3. The third kappa shape index (κ3) is 17.9. The molecule has 0 saturated heterocycles. The van der Waals surface area contributed by atoms with E-state index in [1.54, 1.807) is 19.1 Å². The molecule has 0 bridgehead atoms. The maximum absolute atomic E-state index is 11.0. The molecule has 0 unspecified atom stereocenters. The molecule has 0 saturated carbocycles. The number of hydrogen-bond acceptors (Lipinski definition) is 13. The van der Waals surface area contributed by atoms with Gasteiger partial charge >= 0.3 is 29.8 Å². The molecule has 49 heavy (non-hydrogen) atoms. The quantitative estimate of drug-likeness (QED) is 0.0926. The van der Waals surface area contributed by atoms with Crippen LogP contribution in [0.25, 0.3) is 0 Å². The van der Waals surface area contributed by atoms with Crippen LogP contribution >= 0.6 is 0 Å². The van der Waals surface area contributed by atoms with Crippen LogP contribution in [0.1, 0.15) is 123 Å². The Morgan fingerprint density at radius 2 is 0.918 bits per heavy atom. The Labute approximate surface area is 281 Å². The number of carbonyl (C=O) groups excluding carboxylic acids is 3. The lowest BCUT2D eigenvalue weighted by Crippen LogP contribution is -2.03. The van der Waals surface area contributed by atoms with E-state index in [4.69, 9.17) is 29.6 Å². The van der Waals surface area contributed by atoms with Crippen molar-refractivity contribution in [3.8, 4) is 0 Å². The number of esters is 1. The summed E-state index contributed by atoms with van der Waals surface area (Å²) >= 11 is 0. The normalized spacial score (nSPS) is 8.78. The summed E-state index contributed by atoms with van der Waals surface area (Å²) in [5, 5.41) is 33.3. The van der Waals surface area contributed by atoms with E-state index < -0.39 is 29.8 Å². The molecule has 0 amide bonds. The zero-order chi connectivity index (χ0) is 33.9. The van der Waals surface area contributed by atoms with Gasteiger partial charge in [0.2, 0.25) is 28.8 Å². The number of rotatable bonds is 11. The summed E-state index contributed by atoms with van der Waals surface area (Å²) in [5.41, 5.74) is 0. The van der Waals surface area contributed by atoms with Crippen molar-refractivity contribution in [1.82, 2.24) is 0 Å². The molecule has 0 aromatic carbocycles. The van der Waals surface area contributed by atoms with Crippen molar-refractivity contribution in [2.24, 2.45) is 0 Å². The Balaban J connectivity index is -0.000000269. The Hall–Kier alpha value is -6.23. The molecule has 4 heterocycles. The van der Waals surface area contributed by atoms with Gasteiger partial charge in [0.1, 0.15) is 12.4 Å². The van der Waals surface area contributed by atoms with Gasteiger partial charge in [-0.3, -0.25) is 9.59 Å². The predicted molar refractivity (Wildman–Crippen MR) is 172 cm³/mol. The van der Waals surface area contributed by atoms with E-state index in [0.29, 0.717) is 37.3 Å². The maximum Gasteiger partial charge on any atom is 0.374 e. The van der Waals surface area contributed by atoms with E-state index in [0.717, 1.165) is 12.1 Å². The Morgan fingerprint density at radius 3 is 1.24 bits per heavy atom. The minimum absolute atomic E-state index is 0. The predicted octanol–water partition coefficient (Wildman–Crippen LogP) is 6.79. The van der Waals surface area contributed by atoms with E-state index >= 15 is 0 Å². The molecule has 0 spiro atoms. The number of carbonyl (C=O) groups is 7. The Kier molecular flexibility index (Phi) is 26.2. The molecule has 4 aromatic rings. The number of furan rings is 4. The first kappa shape index (κ1) is 49.6. The standard InChI is InChI=1S/C8H8O5.C8H10O3.C6H4O5.C6H4O4.4CH4/c1-2-12-8(11)6-4-3-5(13-6)7(9)10;1-2-10-6-8-4-3-7(5-9)11-8;7-5(8)3-1-2-4(11-3)6(9)10;7-3-4-1-2-5(10-4)6(8)9;;;;/h3-4H,2H2,1H3,(H,9,10);3-5H,2,6H2,1H3;1-2H,(H,7,8)(H,9,10);1-3H,(H,8,9);4*1H4. The van der Waals surface area contributed by atoms with Gasteiger partial charge in [-0.25, -0.2) is 24.0 Å². The fourth-order valence-corrected chi connectivity index (χ4v) is 2.60. The number of carboxylic acids is 4. The van der Waals surface area contributed by atoms with Crippen LogP contribution in [0.3, 0.4) is 0 Å². The number of ether oxygens (including phenoxy) is 2. The summed E-state index contributed by atoms with van der Waals surface area (Å²) in [6.07, 6.45) is 1.13. The fourth-order valence-electron chi connectivity index (χ4n) is 2.60. The lowest BCUT2D eigenvalue weighted by Gasteiger charge is -1.95. The minimum Gasteiger partial charge on any atom is -0.475 e. The van der Waals surface area contributed by atoms with Crippen LogP contribution in [0.15, 0.2) is 66.2 Å². The largest absolute Gasteiger partial charge is 0.475 e. The molecule has 0 radical (unpaired) electrons. The second-order valence-electron chi connectivity index (χ2n) is 7.65. The van der Waals surface area contributed by atoms with Crippen molar-refractivity contribution in [1.29, 1.82) is 0 Å². The summed E-state index contributed by atoms with van der Waals surface area (Å²) in [7, 11) is 0. The highest BCUT2D eigenvalue weighted by Gasteiger charge is 2.15. The zero-order valence-electron chi connectivity index (χ0n) is 23.5. The lowest BCUT2D eigenvalue weighted by molar-refractivity contribution is 0.0482. The van der Waals surface area contributed by atoms with Crippen molar-refractivity contribution in [3.05, 3.63) is 94.6 Å². The molecule has 0 aliphatic heterocycles. The molecule has 17 nitrogen and oxygen atoms in total. The average molecular weight is 699 g/mol. The van der Waals surface area contributed by atoms with Crippen LogP contribution in [0.2, 0.25) is 0 Å². The van der Waals surface area contributed by atoms with Gasteiger partial charge < -0.3 is 47.6 Å². The van der Waals surface area contributed by atoms with Crippen molar-refractivity contribution < 1.29 is 81.1 Å². The topological polar surface area (TPSA) is 271 Å². The van der Waals surface area contributed by atoms with Crippen molar-refractivity contribution in [2.45, 2.75) is 50.2 Å². The van der Waals surface area contributed by atoms with Gasteiger partial charge in [0.05, 0.1) is 6.61 Å². The Morgan fingerprint density at radius 1 is 0.551 bits per heavy atom. The highest BCUT2D eigenvalue weighted by atomic mass is 16.5. The van der Waals surface area contributed by atoms with E-state index in [-0.39, 0.29) is 70.9 Å². The van der Waals surface area contributed by atoms with Crippen LogP contribution < -0.4 is 0 Å². The smallest absolute Gasteiger partial charge is 0.374 e. The highest BCUT2D eigenvalue weighted by Crippen LogP contribution is 2.09. The van der Waals surface area contributed by atoms with Crippen LogP contribution in [-0.2, 0) is 16.1 Å². The SMILES string of the molecule is C.C.C.C.CCOC(=O)c1ccc(C(=O)O)o1.CCOCc1ccc(C=O)o1.O=C(O)c1ccc(C(=O)O)o1.O=Cc1ccc(C(=O)O)o1. The first-order valence-corrected chi connectivity index (χ1v) is 12.3. The average Bonchev–Trinajstić information content (AvgIpc) is 3.83. The van der Waals surface area contributed by atoms with Crippen LogP contribution in [0, 0.1) is 0 Å². The molecular weight excluding hydrogens is 656 g/mol. The van der Waals surface area contributed by atoms with Gasteiger partial charge in [-0.1, -0.05) is 29.7 Å². The summed E-state index contributed by atoms with van der Waals surface area (Å²) < 4.78 is 28.3. The van der Waals surface area contributed by atoms with Crippen LogP contribution in [0.5, 0.6) is 0 Å². The summed E-state index contributed by atoms with van der Waals surface area (Å²) in [4.78, 5) is 71.9. The van der Waals surface area contributed by atoms with Gasteiger partial charge in [-0.2, -0.15) is 0 Å². The number of aldehydes is 2. The molecule has 0 aliphatic rings. The second kappa shape index (κ2) is 25.9. The first-order chi connectivity index (χ1) is 21.4. The van der Waals surface area contributed by atoms with Crippen molar-refractivity contribution >= 4 is 42.4 Å². The fraction of sp³-hybridized carbons (Fsp3) is 0.281. The van der Waals surface area contributed by atoms with E-state index in [1.165, 1.54) is 24.3 Å². The van der Waals surface area contributed by atoms with Gasteiger partial charge in [-0.05, 0) is 62.4 Å². The monoisotopic (exact) mass is 698 g/mol. The molecular formula is C32H42O17. The number of aromatic carboxylic acids is 4. The summed E-state index contributed by atoms with van der Waals surface area (Å²) in [5.74, 6) is -5.88.